The number of carboxylic acid groups (broad SMARTS) is 1. The predicted octanol–water partition coefficient (Wildman–Crippen LogP) is 3.63. The molecule has 0 aliphatic heterocycles. The van der Waals surface area contributed by atoms with E-state index in [0.717, 1.165) is 40.4 Å². The molecule has 130 valence electrons. The van der Waals surface area contributed by atoms with Gasteiger partial charge in [0.05, 0.1) is 6.42 Å². The maximum absolute atomic E-state index is 12.6. The molecule has 0 saturated heterocycles. The van der Waals surface area contributed by atoms with Crippen molar-refractivity contribution in [1.82, 2.24) is 0 Å². The molecule has 0 spiro atoms. The topological polar surface area (TPSA) is 80.4 Å². The number of unbranched alkanes of at least 4 members (excludes halogenated alkanes) is 1. The number of hydrogen-bond donors (Lipinski definition) is 2. The zero-order valence-corrected chi connectivity index (χ0v) is 15.4. The first kappa shape index (κ1) is 17.7. The smallest absolute Gasteiger partial charge is 0.318 e. The molecular weight excluding hydrogens is 382 g/mol. The summed E-state index contributed by atoms with van der Waals surface area (Å²) in [5, 5.41) is 11.1. The van der Waals surface area contributed by atoms with Gasteiger partial charge in [-0.15, -0.1) is 0 Å². The summed E-state index contributed by atoms with van der Waals surface area (Å²) in [6, 6.07) is 13.3. The van der Waals surface area contributed by atoms with Crippen molar-refractivity contribution in [2.75, 3.05) is 5.33 Å². The molecule has 25 heavy (non-hydrogen) atoms. The number of carboxylic acids is 1. The zero-order valence-electron chi connectivity index (χ0n) is 13.8. The van der Waals surface area contributed by atoms with Crippen molar-refractivity contribution in [2.45, 2.75) is 31.1 Å². The van der Waals surface area contributed by atoms with Crippen molar-refractivity contribution in [1.29, 1.82) is 0 Å². The SMILES string of the molecule is NC(=O)Cc1cccc2c1C(CCCCBr)(C(=O)O)c1ccccc1-2. The quantitative estimate of drug-likeness (QED) is 0.548. The van der Waals surface area contributed by atoms with Crippen molar-refractivity contribution in [3.63, 3.8) is 0 Å². The number of amides is 1. The van der Waals surface area contributed by atoms with E-state index in [1.165, 1.54) is 0 Å². The lowest BCUT2D eigenvalue weighted by atomic mass is 9.72. The summed E-state index contributed by atoms with van der Waals surface area (Å²) < 4.78 is 0. The van der Waals surface area contributed by atoms with Crippen LogP contribution >= 0.6 is 15.9 Å². The van der Waals surface area contributed by atoms with Gasteiger partial charge in [0.25, 0.3) is 0 Å². The minimum Gasteiger partial charge on any atom is -0.480 e. The Balaban J connectivity index is 2.27. The van der Waals surface area contributed by atoms with E-state index in [1.54, 1.807) is 0 Å². The highest BCUT2D eigenvalue weighted by molar-refractivity contribution is 9.09. The minimum atomic E-state index is -1.12. The number of benzene rings is 2. The minimum absolute atomic E-state index is 0.0463. The fraction of sp³-hybridized carbons (Fsp3) is 0.300. The van der Waals surface area contributed by atoms with Gasteiger partial charge in [-0.25, -0.2) is 0 Å². The monoisotopic (exact) mass is 401 g/mol. The van der Waals surface area contributed by atoms with Gasteiger partial charge < -0.3 is 10.8 Å². The van der Waals surface area contributed by atoms with Gasteiger partial charge in [-0.05, 0) is 40.7 Å². The van der Waals surface area contributed by atoms with Crippen LogP contribution in [-0.4, -0.2) is 22.3 Å². The van der Waals surface area contributed by atoms with Crippen LogP contribution in [-0.2, 0) is 21.4 Å². The standard InChI is InChI=1S/C20H20BrNO3/c21-11-4-3-10-20(19(24)25)16-9-2-1-7-14(16)15-8-5-6-13(18(15)20)12-17(22)23/h1-2,5-9H,3-4,10-12H2,(H2,22,23)(H,24,25). The third-order valence-corrected chi connectivity index (χ3v) is 5.48. The highest BCUT2D eigenvalue weighted by Gasteiger charge is 2.50. The Morgan fingerprint density at radius 1 is 1.04 bits per heavy atom. The molecule has 0 bridgehead atoms. The van der Waals surface area contributed by atoms with E-state index >= 15 is 0 Å². The third-order valence-electron chi connectivity index (χ3n) is 4.92. The molecule has 0 radical (unpaired) electrons. The lowest BCUT2D eigenvalue weighted by Crippen LogP contribution is -2.36. The average Bonchev–Trinajstić information content (AvgIpc) is 2.87. The molecule has 0 saturated carbocycles. The molecule has 1 atom stereocenters. The van der Waals surface area contributed by atoms with Gasteiger partial charge in [-0.2, -0.15) is 0 Å². The van der Waals surface area contributed by atoms with Crippen molar-refractivity contribution < 1.29 is 14.7 Å². The molecule has 3 N–H and O–H groups in total. The van der Waals surface area contributed by atoms with Crippen molar-refractivity contribution in [2.24, 2.45) is 5.73 Å². The first-order chi connectivity index (χ1) is 12.0. The largest absolute Gasteiger partial charge is 0.480 e. The Morgan fingerprint density at radius 2 is 1.76 bits per heavy atom. The Bertz CT molecular complexity index is 833. The Labute approximate surface area is 155 Å². The van der Waals surface area contributed by atoms with Crippen LogP contribution in [0.2, 0.25) is 0 Å². The average molecular weight is 402 g/mol. The summed E-state index contributed by atoms with van der Waals surface area (Å²) in [5.74, 6) is -1.32. The van der Waals surface area contributed by atoms with Gasteiger partial charge in [0.1, 0.15) is 5.41 Å². The Hall–Kier alpha value is -2.14. The van der Waals surface area contributed by atoms with Crippen LogP contribution < -0.4 is 5.73 Å². The van der Waals surface area contributed by atoms with E-state index in [1.807, 2.05) is 42.5 Å². The molecule has 1 amide bonds. The molecule has 5 heteroatoms. The summed E-state index contributed by atoms with van der Waals surface area (Å²) >= 11 is 3.42. The van der Waals surface area contributed by atoms with E-state index < -0.39 is 17.3 Å². The second-order valence-electron chi connectivity index (χ2n) is 6.38. The number of primary amides is 1. The highest BCUT2D eigenvalue weighted by Crippen LogP contribution is 2.53. The lowest BCUT2D eigenvalue weighted by molar-refractivity contribution is -0.142. The predicted molar refractivity (Wildman–Crippen MR) is 101 cm³/mol. The van der Waals surface area contributed by atoms with Crippen LogP contribution in [0.5, 0.6) is 0 Å². The number of hydrogen-bond acceptors (Lipinski definition) is 2. The van der Waals surface area contributed by atoms with Crippen LogP contribution in [0, 0.1) is 0 Å². The number of carbonyl (C=O) groups excluding carboxylic acids is 1. The van der Waals surface area contributed by atoms with Gasteiger partial charge in [-0.1, -0.05) is 64.8 Å². The molecule has 4 nitrogen and oxygen atoms in total. The van der Waals surface area contributed by atoms with E-state index in [9.17, 15) is 14.7 Å². The van der Waals surface area contributed by atoms with Crippen molar-refractivity contribution in [3.8, 4) is 11.1 Å². The van der Waals surface area contributed by atoms with Crippen LogP contribution in [0.4, 0.5) is 0 Å². The first-order valence-electron chi connectivity index (χ1n) is 8.32. The van der Waals surface area contributed by atoms with Crippen LogP contribution in [0.15, 0.2) is 42.5 Å². The molecule has 0 fully saturated rings. The molecule has 1 aliphatic carbocycles. The number of fused-ring (bicyclic) bond motifs is 3. The zero-order chi connectivity index (χ0) is 18.0. The fourth-order valence-corrected chi connectivity index (χ4v) is 4.36. The molecule has 0 heterocycles. The van der Waals surface area contributed by atoms with Gasteiger partial charge in [-0.3, -0.25) is 9.59 Å². The number of rotatable bonds is 7. The van der Waals surface area contributed by atoms with Crippen LogP contribution in [0.25, 0.3) is 11.1 Å². The number of aliphatic carboxylic acids is 1. The second-order valence-corrected chi connectivity index (χ2v) is 7.18. The lowest BCUT2D eigenvalue weighted by Gasteiger charge is -2.29. The van der Waals surface area contributed by atoms with Crippen LogP contribution in [0.3, 0.4) is 0 Å². The van der Waals surface area contributed by atoms with Gasteiger partial charge in [0.2, 0.25) is 5.91 Å². The number of halogens is 1. The van der Waals surface area contributed by atoms with Crippen LogP contribution in [0.1, 0.15) is 36.0 Å². The van der Waals surface area contributed by atoms with Gasteiger partial charge >= 0.3 is 5.97 Å². The summed E-state index contributed by atoms with van der Waals surface area (Å²) in [6.45, 7) is 0. The fourth-order valence-electron chi connectivity index (χ4n) is 3.96. The van der Waals surface area contributed by atoms with E-state index in [0.29, 0.717) is 12.0 Å². The van der Waals surface area contributed by atoms with Gasteiger partial charge in [0, 0.05) is 5.33 Å². The number of alkyl halides is 1. The van der Waals surface area contributed by atoms with E-state index in [-0.39, 0.29) is 6.42 Å². The number of nitrogens with two attached hydrogens (primary N) is 1. The summed E-state index contributed by atoms with van der Waals surface area (Å²) in [5.41, 5.74) is 8.38. The second kappa shape index (κ2) is 7.00. The molecule has 3 rings (SSSR count). The molecule has 1 aliphatic rings. The summed E-state index contributed by atoms with van der Waals surface area (Å²) in [7, 11) is 0. The first-order valence-corrected chi connectivity index (χ1v) is 9.44. The van der Waals surface area contributed by atoms with Crippen molar-refractivity contribution >= 4 is 27.8 Å². The Kier molecular flexibility index (Phi) is 4.95. The van der Waals surface area contributed by atoms with Crippen molar-refractivity contribution in [3.05, 3.63) is 59.2 Å². The third kappa shape index (κ3) is 2.86. The normalized spacial score (nSPS) is 17.8. The maximum Gasteiger partial charge on any atom is 0.318 e. The molecule has 0 aromatic heterocycles. The van der Waals surface area contributed by atoms with Gasteiger partial charge in [0.15, 0.2) is 0 Å². The van der Waals surface area contributed by atoms with E-state index in [4.69, 9.17) is 5.73 Å². The molecule has 1 unspecified atom stereocenters. The molecule has 2 aromatic rings. The molecular formula is C20H20BrNO3. The summed E-state index contributed by atoms with van der Waals surface area (Å²) in [6.07, 6.45) is 2.21. The number of carbonyl (C=O) groups is 2. The maximum atomic E-state index is 12.6. The molecule has 2 aromatic carbocycles. The van der Waals surface area contributed by atoms with E-state index in [2.05, 4.69) is 15.9 Å². The summed E-state index contributed by atoms with van der Waals surface area (Å²) in [4.78, 5) is 24.1. The highest BCUT2D eigenvalue weighted by atomic mass is 79.9. The Morgan fingerprint density at radius 3 is 2.44 bits per heavy atom.